The van der Waals surface area contributed by atoms with E-state index in [4.69, 9.17) is 20.1 Å². The summed E-state index contributed by atoms with van der Waals surface area (Å²) in [6, 6.07) is 0. The van der Waals surface area contributed by atoms with Gasteiger partial charge in [0.25, 0.3) is 0 Å². The Morgan fingerprint density at radius 2 is 2.12 bits per heavy atom. The van der Waals surface area contributed by atoms with Crippen molar-refractivity contribution in [2.75, 3.05) is 39.0 Å². The molecule has 0 atom stereocenters. The van der Waals surface area contributed by atoms with Gasteiger partial charge in [-0.2, -0.15) is 4.98 Å². The molecule has 0 saturated carbocycles. The minimum atomic E-state index is 0.295. The second-order valence-electron chi connectivity index (χ2n) is 2.94. The van der Waals surface area contributed by atoms with Crippen LogP contribution in [0.3, 0.4) is 0 Å². The van der Waals surface area contributed by atoms with Gasteiger partial charge in [-0.3, -0.25) is 5.43 Å². The van der Waals surface area contributed by atoms with E-state index in [0.717, 1.165) is 0 Å². The van der Waals surface area contributed by atoms with Crippen LogP contribution in [-0.2, 0) is 9.47 Å². The third-order valence-electron chi connectivity index (χ3n) is 1.74. The summed E-state index contributed by atoms with van der Waals surface area (Å²) in [6.45, 7) is 1.97. The molecule has 17 heavy (non-hydrogen) atoms. The van der Waals surface area contributed by atoms with Crippen LogP contribution in [0.5, 0.6) is 5.88 Å². The van der Waals surface area contributed by atoms with E-state index in [9.17, 15) is 0 Å². The van der Waals surface area contributed by atoms with Gasteiger partial charge in [0.1, 0.15) is 6.61 Å². The molecule has 96 valence electrons. The Hall–Kier alpha value is -0.960. The van der Waals surface area contributed by atoms with Crippen LogP contribution in [0.4, 0.5) is 5.95 Å². The van der Waals surface area contributed by atoms with E-state index in [2.05, 4.69) is 31.3 Å². The van der Waals surface area contributed by atoms with Crippen LogP contribution in [0.25, 0.3) is 0 Å². The third-order valence-corrected chi connectivity index (χ3v) is 2.28. The summed E-state index contributed by atoms with van der Waals surface area (Å²) in [5.41, 5.74) is 2.34. The largest absolute Gasteiger partial charge is 0.474 e. The lowest BCUT2D eigenvalue weighted by molar-refractivity contribution is 0.0535. The van der Waals surface area contributed by atoms with Crippen LogP contribution in [0.15, 0.2) is 10.7 Å². The van der Waals surface area contributed by atoms with Crippen molar-refractivity contribution < 1.29 is 14.2 Å². The minimum Gasteiger partial charge on any atom is -0.474 e. The first-order chi connectivity index (χ1) is 8.27. The highest BCUT2D eigenvalue weighted by atomic mass is 79.9. The average Bonchev–Trinajstić information content (AvgIpc) is 2.35. The van der Waals surface area contributed by atoms with Gasteiger partial charge in [-0.25, -0.2) is 10.8 Å². The van der Waals surface area contributed by atoms with Gasteiger partial charge in [-0.1, -0.05) is 0 Å². The van der Waals surface area contributed by atoms with E-state index in [1.54, 1.807) is 13.3 Å². The van der Waals surface area contributed by atoms with Gasteiger partial charge < -0.3 is 14.2 Å². The Morgan fingerprint density at radius 1 is 1.35 bits per heavy atom. The summed E-state index contributed by atoms with van der Waals surface area (Å²) in [5, 5.41) is 0. The molecule has 0 unspecified atom stereocenters. The first-order valence-electron chi connectivity index (χ1n) is 4.96. The maximum absolute atomic E-state index is 5.40. The molecule has 8 heteroatoms. The van der Waals surface area contributed by atoms with E-state index in [1.807, 2.05) is 0 Å². The Bertz CT molecular complexity index is 340. The molecule has 1 heterocycles. The standard InChI is InChI=1S/C9H15BrN4O3/c1-15-2-3-16-4-5-17-8-7(10)6-12-9(13-8)14-11/h6H,2-5,11H2,1H3,(H,12,13,14). The van der Waals surface area contributed by atoms with Crippen molar-refractivity contribution in [1.29, 1.82) is 0 Å². The average molecular weight is 307 g/mol. The van der Waals surface area contributed by atoms with Crippen molar-refractivity contribution >= 4 is 21.9 Å². The summed E-state index contributed by atoms with van der Waals surface area (Å²) < 4.78 is 16.1. The lowest BCUT2D eigenvalue weighted by atomic mass is 10.6. The predicted molar refractivity (Wildman–Crippen MR) is 65.7 cm³/mol. The number of hydrazine groups is 1. The number of nitrogens with two attached hydrogens (primary N) is 1. The number of ether oxygens (including phenoxy) is 3. The summed E-state index contributed by atoms with van der Waals surface area (Å²) in [4.78, 5) is 7.93. The van der Waals surface area contributed by atoms with Gasteiger partial charge in [-0.15, -0.1) is 0 Å². The SMILES string of the molecule is COCCOCCOc1nc(NN)ncc1Br. The first kappa shape index (κ1) is 14.1. The summed E-state index contributed by atoms with van der Waals surface area (Å²) in [6.07, 6.45) is 1.56. The van der Waals surface area contributed by atoms with Gasteiger partial charge in [-0.05, 0) is 15.9 Å². The van der Waals surface area contributed by atoms with Crippen molar-refractivity contribution in [1.82, 2.24) is 9.97 Å². The zero-order valence-corrected chi connectivity index (χ0v) is 11.1. The van der Waals surface area contributed by atoms with E-state index in [-0.39, 0.29) is 0 Å². The summed E-state index contributed by atoms with van der Waals surface area (Å²) in [7, 11) is 1.62. The monoisotopic (exact) mass is 306 g/mol. The molecule has 0 aliphatic heterocycles. The van der Waals surface area contributed by atoms with Crippen LogP contribution >= 0.6 is 15.9 Å². The number of halogens is 1. The number of nitrogens with one attached hydrogen (secondary N) is 1. The van der Waals surface area contributed by atoms with Crippen molar-refractivity contribution in [2.24, 2.45) is 5.84 Å². The fourth-order valence-electron chi connectivity index (χ4n) is 0.964. The third kappa shape index (κ3) is 5.26. The number of hydrogen-bond donors (Lipinski definition) is 2. The predicted octanol–water partition coefficient (Wildman–Crippen LogP) is 0.567. The number of nitrogens with zero attached hydrogens (tertiary/aromatic N) is 2. The highest BCUT2D eigenvalue weighted by molar-refractivity contribution is 9.10. The lowest BCUT2D eigenvalue weighted by Gasteiger charge is -2.08. The Morgan fingerprint density at radius 3 is 2.82 bits per heavy atom. The Kier molecular flexibility index (Phi) is 6.78. The molecule has 0 spiro atoms. The molecule has 1 aromatic heterocycles. The van der Waals surface area contributed by atoms with Gasteiger partial charge in [0.2, 0.25) is 11.8 Å². The van der Waals surface area contributed by atoms with Crippen molar-refractivity contribution in [3.8, 4) is 5.88 Å². The Labute approximate surface area is 108 Å². The Balaban J connectivity index is 2.30. The molecular weight excluding hydrogens is 292 g/mol. The summed E-state index contributed by atoms with van der Waals surface area (Å²) >= 11 is 3.27. The second kappa shape index (κ2) is 8.18. The fraction of sp³-hybridized carbons (Fsp3) is 0.556. The quantitative estimate of drug-likeness (QED) is 0.412. The molecule has 0 bridgehead atoms. The summed E-state index contributed by atoms with van der Waals surface area (Å²) in [5.74, 6) is 5.91. The number of aromatic nitrogens is 2. The minimum absolute atomic E-state index is 0.295. The molecule has 0 radical (unpaired) electrons. The van der Waals surface area contributed by atoms with Gasteiger partial charge in [0, 0.05) is 7.11 Å². The second-order valence-corrected chi connectivity index (χ2v) is 3.80. The number of methoxy groups -OCH3 is 1. The zero-order chi connectivity index (χ0) is 12.5. The van der Waals surface area contributed by atoms with E-state index >= 15 is 0 Å². The normalized spacial score (nSPS) is 10.3. The first-order valence-corrected chi connectivity index (χ1v) is 5.76. The maximum atomic E-state index is 5.40. The molecule has 0 aromatic carbocycles. The zero-order valence-electron chi connectivity index (χ0n) is 9.48. The molecule has 0 aliphatic carbocycles. The van der Waals surface area contributed by atoms with Crippen molar-refractivity contribution in [2.45, 2.75) is 0 Å². The van der Waals surface area contributed by atoms with Gasteiger partial charge in [0.05, 0.1) is 30.5 Å². The molecule has 0 aliphatic rings. The number of anilines is 1. The van der Waals surface area contributed by atoms with Crippen LogP contribution in [0, 0.1) is 0 Å². The van der Waals surface area contributed by atoms with Crippen LogP contribution < -0.4 is 16.0 Å². The highest BCUT2D eigenvalue weighted by Crippen LogP contribution is 2.21. The lowest BCUT2D eigenvalue weighted by Crippen LogP contribution is -2.13. The van der Waals surface area contributed by atoms with Crippen LogP contribution in [-0.4, -0.2) is 43.5 Å². The molecule has 1 rings (SSSR count). The van der Waals surface area contributed by atoms with E-state index < -0.39 is 0 Å². The highest BCUT2D eigenvalue weighted by Gasteiger charge is 2.05. The molecule has 0 saturated heterocycles. The number of rotatable bonds is 8. The molecular formula is C9H15BrN4O3. The number of hydrogen-bond acceptors (Lipinski definition) is 7. The van der Waals surface area contributed by atoms with E-state index in [1.165, 1.54) is 0 Å². The van der Waals surface area contributed by atoms with Gasteiger partial charge >= 0.3 is 0 Å². The molecule has 0 amide bonds. The van der Waals surface area contributed by atoms with Crippen LogP contribution in [0.2, 0.25) is 0 Å². The fourth-order valence-corrected chi connectivity index (χ4v) is 1.27. The topological polar surface area (TPSA) is 91.5 Å². The molecule has 0 fully saturated rings. The van der Waals surface area contributed by atoms with Crippen molar-refractivity contribution in [3.63, 3.8) is 0 Å². The van der Waals surface area contributed by atoms with E-state index in [0.29, 0.717) is 42.7 Å². The molecule has 7 nitrogen and oxygen atoms in total. The number of nitrogen functional groups attached to an aromatic ring is 1. The molecule has 1 aromatic rings. The van der Waals surface area contributed by atoms with Gasteiger partial charge in [0.15, 0.2) is 0 Å². The van der Waals surface area contributed by atoms with Crippen LogP contribution in [0.1, 0.15) is 0 Å². The maximum Gasteiger partial charge on any atom is 0.240 e. The molecule has 3 N–H and O–H groups in total. The van der Waals surface area contributed by atoms with Crippen molar-refractivity contribution in [3.05, 3.63) is 10.7 Å². The smallest absolute Gasteiger partial charge is 0.240 e.